The summed E-state index contributed by atoms with van der Waals surface area (Å²) in [6, 6.07) is 3.77. The molecule has 0 saturated heterocycles. The fraction of sp³-hybridized carbons (Fsp3) is 0.333. The second-order valence-corrected chi connectivity index (χ2v) is 3.32. The van der Waals surface area contributed by atoms with E-state index < -0.39 is 0 Å². The van der Waals surface area contributed by atoms with Crippen LogP contribution in [-0.2, 0) is 13.5 Å². The second-order valence-electron chi connectivity index (χ2n) is 2.93. The molecule has 2 aromatic heterocycles. The number of rotatable bonds is 1. The van der Waals surface area contributed by atoms with Gasteiger partial charge in [0, 0.05) is 12.4 Å². The maximum absolute atomic E-state index is 5.79. The molecule has 0 amide bonds. The highest BCUT2D eigenvalue weighted by Crippen LogP contribution is 2.18. The van der Waals surface area contributed by atoms with Crippen LogP contribution in [0.5, 0.6) is 0 Å². The molecule has 0 aromatic carbocycles. The fourth-order valence-electron chi connectivity index (χ4n) is 1.44. The van der Waals surface area contributed by atoms with Crippen LogP contribution in [0.4, 0.5) is 0 Å². The van der Waals surface area contributed by atoms with Gasteiger partial charge in [-0.2, -0.15) is 5.10 Å². The van der Waals surface area contributed by atoms with Crippen molar-refractivity contribution in [2.75, 3.05) is 0 Å². The van der Waals surface area contributed by atoms with Gasteiger partial charge < -0.3 is 0 Å². The van der Waals surface area contributed by atoms with E-state index in [1.165, 1.54) is 0 Å². The predicted molar refractivity (Wildman–Crippen MR) is 52.9 cm³/mol. The Labute approximate surface area is 81.3 Å². The molecule has 0 aliphatic heterocycles. The van der Waals surface area contributed by atoms with Gasteiger partial charge in [0.2, 0.25) is 0 Å². The molecule has 0 saturated carbocycles. The molecule has 2 rings (SSSR count). The molecule has 0 N–H and O–H groups in total. The lowest BCUT2D eigenvalue weighted by Gasteiger charge is -1.92. The lowest BCUT2D eigenvalue weighted by Crippen LogP contribution is -1.92. The van der Waals surface area contributed by atoms with Crippen LogP contribution in [0.25, 0.3) is 11.0 Å². The first-order valence-electron chi connectivity index (χ1n) is 4.20. The van der Waals surface area contributed by atoms with Crippen LogP contribution in [0.3, 0.4) is 0 Å². The van der Waals surface area contributed by atoms with Crippen molar-refractivity contribution in [1.29, 1.82) is 0 Å². The van der Waals surface area contributed by atoms with Crippen LogP contribution in [-0.4, -0.2) is 14.8 Å². The number of hydrogen-bond acceptors (Lipinski definition) is 2. The van der Waals surface area contributed by atoms with Crippen molar-refractivity contribution < 1.29 is 0 Å². The molecule has 68 valence electrons. The minimum absolute atomic E-state index is 0.512. The van der Waals surface area contributed by atoms with Crippen molar-refractivity contribution in [3.8, 4) is 0 Å². The van der Waals surface area contributed by atoms with E-state index in [1.54, 1.807) is 10.7 Å². The molecular weight excluding hydrogens is 186 g/mol. The Hall–Kier alpha value is -1.09. The van der Waals surface area contributed by atoms with E-state index in [1.807, 2.05) is 13.1 Å². The molecule has 0 aliphatic carbocycles. The van der Waals surface area contributed by atoms with Gasteiger partial charge in [-0.1, -0.05) is 18.5 Å². The Morgan fingerprint density at radius 3 is 2.92 bits per heavy atom. The first kappa shape index (κ1) is 8.51. The number of aromatic nitrogens is 3. The molecule has 0 spiro atoms. The third-order valence-electron chi connectivity index (χ3n) is 2.06. The molecular formula is C9H10ClN3. The van der Waals surface area contributed by atoms with Gasteiger partial charge in [0.1, 0.15) is 5.15 Å². The Morgan fingerprint density at radius 1 is 1.46 bits per heavy atom. The summed E-state index contributed by atoms with van der Waals surface area (Å²) in [6.07, 6.45) is 0.917. The Kier molecular flexibility index (Phi) is 1.96. The van der Waals surface area contributed by atoms with E-state index in [9.17, 15) is 0 Å². The van der Waals surface area contributed by atoms with Gasteiger partial charge in [-0.25, -0.2) is 4.98 Å². The first-order valence-corrected chi connectivity index (χ1v) is 4.58. The van der Waals surface area contributed by atoms with E-state index in [-0.39, 0.29) is 0 Å². The second kappa shape index (κ2) is 3.00. The van der Waals surface area contributed by atoms with Crippen LogP contribution in [0.1, 0.15) is 12.6 Å². The number of aryl methyl sites for hydroxylation is 2. The molecule has 0 bridgehead atoms. The number of halogens is 1. The van der Waals surface area contributed by atoms with E-state index in [0.29, 0.717) is 5.15 Å². The summed E-state index contributed by atoms with van der Waals surface area (Å²) in [5.41, 5.74) is 1.92. The maximum Gasteiger partial charge on any atom is 0.159 e. The van der Waals surface area contributed by atoms with Gasteiger partial charge in [-0.15, -0.1) is 0 Å². The van der Waals surface area contributed by atoms with Crippen molar-refractivity contribution in [3.63, 3.8) is 0 Å². The average Bonchev–Trinajstić information content (AvgIpc) is 2.43. The Bertz CT molecular complexity index is 447. The van der Waals surface area contributed by atoms with E-state index in [2.05, 4.69) is 17.0 Å². The van der Waals surface area contributed by atoms with E-state index >= 15 is 0 Å². The molecule has 13 heavy (non-hydrogen) atoms. The summed E-state index contributed by atoms with van der Waals surface area (Å²) in [5.74, 6) is 0. The lowest BCUT2D eigenvalue weighted by molar-refractivity contribution is 0.762. The zero-order valence-corrected chi connectivity index (χ0v) is 8.34. The van der Waals surface area contributed by atoms with Gasteiger partial charge in [0.25, 0.3) is 0 Å². The minimum Gasteiger partial charge on any atom is -0.250 e. The molecule has 0 atom stereocenters. The molecule has 4 heteroatoms. The molecule has 0 radical (unpaired) electrons. The quantitative estimate of drug-likeness (QED) is 0.653. The highest BCUT2D eigenvalue weighted by atomic mass is 35.5. The van der Waals surface area contributed by atoms with Crippen LogP contribution >= 0.6 is 11.6 Å². The van der Waals surface area contributed by atoms with Gasteiger partial charge in [-0.05, 0) is 18.6 Å². The smallest absolute Gasteiger partial charge is 0.159 e. The summed E-state index contributed by atoms with van der Waals surface area (Å²) in [4.78, 5) is 4.21. The first-order chi connectivity index (χ1) is 6.22. The highest BCUT2D eigenvalue weighted by molar-refractivity contribution is 6.29. The number of hydrogen-bond donors (Lipinski definition) is 0. The highest BCUT2D eigenvalue weighted by Gasteiger charge is 2.07. The fourth-order valence-corrected chi connectivity index (χ4v) is 1.58. The molecule has 0 aliphatic rings. The number of fused-ring (bicyclic) bond motifs is 1. The van der Waals surface area contributed by atoms with Crippen molar-refractivity contribution in [2.24, 2.45) is 7.05 Å². The van der Waals surface area contributed by atoms with Crippen molar-refractivity contribution in [1.82, 2.24) is 14.8 Å². The summed E-state index contributed by atoms with van der Waals surface area (Å²) >= 11 is 5.79. The zero-order valence-electron chi connectivity index (χ0n) is 7.58. The maximum atomic E-state index is 5.79. The number of nitrogens with zero attached hydrogens (tertiary/aromatic N) is 3. The lowest BCUT2D eigenvalue weighted by atomic mass is 10.2. The van der Waals surface area contributed by atoms with Crippen molar-refractivity contribution in [3.05, 3.63) is 23.0 Å². The van der Waals surface area contributed by atoms with Gasteiger partial charge >= 0.3 is 0 Å². The van der Waals surface area contributed by atoms with Gasteiger partial charge in [0.05, 0.1) is 5.69 Å². The van der Waals surface area contributed by atoms with E-state index in [0.717, 1.165) is 23.1 Å². The molecule has 2 heterocycles. The molecule has 2 aromatic rings. The normalized spacial score (nSPS) is 11.0. The zero-order chi connectivity index (χ0) is 9.42. The van der Waals surface area contributed by atoms with Crippen molar-refractivity contribution in [2.45, 2.75) is 13.3 Å². The monoisotopic (exact) mass is 195 g/mol. The third kappa shape index (κ3) is 1.29. The van der Waals surface area contributed by atoms with Gasteiger partial charge in [0.15, 0.2) is 5.65 Å². The largest absolute Gasteiger partial charge is 0.250 e. The average molecular weight is 196 g/mol. The van der Waals surface area contributed by atoms with Crippen LogP contribution in [0, 0.1) is 0 Å². The van der Waals surface area contributed by atoms with Crippen LogP contribution in [0.2, 0.25) is 5.15 Å². The Balaban J connectivity index is 2.80. The topological polar surface area (TPSA) is 30.7 Å². The SMILES string of the molecule is CCc1nn(C)c2nc(Cl)ccc12. The standard InChI is InChI=1S/C9H10ClN3/c1-3-7-6-4-5-8(10)11-9(6)13(2)12-7/h4-5H,3H2,1-2H3. The molecule has 3 nitrogen and oxygen atoms in total. The summed E-state index contributed by atoms with van der Waals surface area (Å²) in [6.45, 7) is 2.08. The van der Waals surface area contributed by atoms with Crippen LogP contribution < -0.4 is 0 Å². The van der Waals surface area contributed by atoms with Crippen molar-refractivity contribution >= 4 is 22.6 Å². The molecule has 0 unspecified atom stereocenters. The minimum atomic E-state index is 0.512. The number of pyridine rings is 1. The summed E-state index contributed by atoms with van der Waals surface area (Å²) < 4.78 is 1.76. The summed E-state index contributed by atoms with van der Waals surface area (Å²) in [5, 5.41) is 5.95. The summed E-state index contributed by atoms with van der Waals surface area (Å²) in [7, 11) is 1.88. The van der Waals surface area contributed by atoms with Gasteiger partial charge in [-0.3, -0.25) is 4.68 Å². The Morgan fingerprint density at radius 2 is 2.23 bits per heavy atom. The molecule has 0 fully saturated rings. The third-order valence-corrected chi connectivity index (χ3v) is 2.27. The predicted octanol–water partition coefficient (Wildman–Crippen LogP) is 2.18. The van der Waals surface area contributed by atoms with E-state index in [4.69, 9.17) is 11.6 Å². The van der Waals surface area contributed by atoms with Crippen LogP contribution in [0.15, 0.2) is 12.1 Å².